The molecule has 0 bridgehead atoms. The van der Waals surface area contributed by atoms with Crippen LogP contribution in [0.4, 0.5) is 0 Å². The van der Waals surface area contributed by atoms with E-state index in [-0.39, 0.29) is 6.10 Å². The lowest BCUT2D eigenvalue weighted by Crippen LogP contribution is -2.41. The van der Waals surface area contributed by atoms with Crippen molar-refractivity contribution in [2.24, 2.45) is 0 Å². The summed E-state index contributed by atoms with van der Waals surface area (Å²) in [6, 6.07) is 8.51. The molecule has 0 saturated carbocycles. The standard InChI is InChI=1S/C17H26N2O/c1-12(2)16-8-7-15(9-13(16)3)20-14(4)10-17(5,11-18)19-6/h7-9,12,14,19H,10H2,1-6H3. The molecular weight excluding hydrogens is 248 g/mol. The molecule has 0 aliphatic rings. The van der Waals surface area contributed by atoms with Gasteiger partial charge in [-0.05, 0) is 57.0 Å². The molecule has 2 atom stereocenters. The topological polar surface area (TPSA) is 45.0 Å². The largest absolute Gasteiger partial charge is 0.491 e. The van der Waals surface area contributed by atoms with Gasteiger partial charge >= 0.3 is 0 Å². The zero-order valence-electron chi connectivity index (χ0n) is 13.4. The molecule has 1 rings (SSSR count). The Labute approximate surface area is 123 Å². The molecule has 0 aromatic heterocycles. The molecule has 0 spiro atoms. The minimum absolute atomic E-state index is 0.0172. The number of nitrogens with one attached hydrogen (secondary N) is 1. The fourth-order valence-electron chi connectivity index (χ4n) is 2.42. The average molecular weight is 274 g/mol. The molecule has 0 saturated heterocycles. The molecule has 3 nitrogen and oxygen atoms in total. The Balaban J connectivity index is 2.75. The molecule has 20 heavy (non-hydrogen) atoms. The summed E-state index contributed by atoms with van der Waals surface area (Å²) in [6.07, 6.45) is 0.627. The molecule has 0 aliphatic heterocycles. The van der Waals surface area contributed by atoms with Gasteiger partial charge in [0.05, 0.1) is 12.2 Å². The van der Waals surface area contributed by atoms with Gasteiger partial charge in [-0.3, -0.25) is 0 Å². The smallest absolute Gasteiger partial charge is 0.119 e. The highest BCUT2D eigenvalue weighted by Crippen LogP contribution is 2.25. The van der Waals surface area contributed by atoms with Crippen LogP contribution >= 0.6 is 0 Å². The molecule has 1 aromatic carbocycles. The van der Waals surface area contributed by atoms with E-state index >= 15 is 0 Å². The van der Waals surface area contributed by atoms with Crippen molar-refractivity contribution in [2.45, 2.75) is 58.6 Å². The Morgan fingerprint density at radius 3 is 2.45 bits per heavy atom. The van der Waals surface area contributed by atoms with E-state index < -0.39 is 5.54 Å². The molecule has 1 aromatic rings. The van der Waals surface area contributed by atoms with Crippen LogP contribution in [0.3, 0.4) is 0 Å². The van der Waals surface area contributed by atoms with Gasteiger partial charge in [0.1, 0.15) is 11.3 Å². The van der Waals surface area contributed by atoms with Crippen LogP contribution in [0.25, 0.3) is 0 Å². The second kappa shape index (κ2) is 6.76. The van der Waals surface area contributed by atoms with E-state index in [2.05, 4.69) is 44.3 Å². The van der Waals surface area contributed by atoms with E-state index in [9.17, 15) is 5.26 Å². The molecule has 0 heterocycles. The van der Waals surface area contributed by atoms with Crippen molar-refractivity contribution in [3.63, 3.8) is 0 Å². The predicted molar refractivity (Wildman–Crippen MR) is 83.1 cm³/mol. The van der Waals surface area contributed by atoms with Crippen molar-refractivity contribution in [3.8, 4) is 11.8 Å². The summed E-state index contributed by atoms with van der Waals surface area (Å²) in [7, 11) is 1.80. The fraction of sp³-hybridized carbons (Fsp3) is 0.588. The number of nitrogens with zero attached hydrogens (tertiary/aromatic N) is 1. The van der Waals surface area contributed by atoms with Crippen molar-refractivity contribution in [1.82, 2.24) is 5.32 Å². The molecule has 0 fully saturated rings. The van der Waals surface area contributed by atoms with Crippen molar-refractivity contribution in [1.29, 1.82) is 5.26 Å². The van der Waals surface area contributed by atoms with E-state index in [1.54, 1.807) is 7.05 Å². The van der Waals surface area contributed by atoms with Gasteiger partial charge in [0.2, 0.25) is 0 Å². The van der Waals surface area contributed by atoms with Gasteiger partial charge in [-0.2, -0.15) is 5.26 Å². The first-order valence-electron chi connectivity index (χ1n) is 7.18. The zero-order valence-corrected chi connectivity index (χ0v) is 13.4. The first-order valence-corrected chi connectivity index (χ1v) is 7.18. The van der Waals surface area contributed by atoms with Crippen LogP contribution in [-0.2, 0) is 0 Å². The van der Waals surface area contributed by atoms with Gasteiger partial charge in [-0.15, -0.1) is 0 Å². The summed E-state index contributed by atoms with van der Waals surface area (Å²) in [5.41, 5.74) is 2.05. The Hall–Kier alpha value is -1.53. The van der Waals surface area contributed by atoms with Crippen LogP contribution in [0.2, 0.25) is 0 Å². The summed E-state index contributed by atoms with van der Waals surface area (Å²) < 4.78 is 5.94. The third kappa shape index (κ3) is 4.25. The second-order valence-corrected chi connectivity index (χ2v) is 6.00. The highest BCUT2D eigenvalue weighted by Gasteiger charge is 2.25. The van der Waals surface area contributed by atoms with Crippen LogP contribution in [0.1, 0.15) is 51.2 Å². The van der Waals surface area contributed by atoms with Gasteiger partial charge in [-0.25, -0.2) is 0 Å². The van der Waals surface area contributed by atoms with Crippen LogP contribution < -0.4 is 10.1 Å². The van der Waals surface area contributed by atoms with Gasteiger partial charge < -0.3 is 10.1 Å². The number of ether oxygens (including phenoxy) is 1. The lowest BCUT2D eigenvalue weighted by atomic mass is 9.96. The van der Waals surface area contributed by atoms with Gasteiger partial charge in [-0.1, -0.05) is 19.9 Å². The maximum atomic E-state index is 9.17. The van der Waals surface area contributed by atoms with Crippen molar-refractivity contribution < 1.29 is 4.74 Å². The number of rotatable bonds is 6. The predicted octanol–water partition coefficient (Wildman–Crippen LogP) is 3.78. The molecule has 1 N–H and O–H groups in total. The molecule has 3 heteroatoms. The minimum atomic E-state index is -0.549. The Morgan fingerprint density at radius 1 is 1.35 bits per heavy atom. The Morgan fingerprint density at radius 2 is 2.00 bits per heavy atom. The maximum Gasteiger partial charge on any atom is 0.119 e. The Bertz CT molecular complexity index is 490. The highest BCUT2D eigenvalue weighted by molar-refractivity contribution is 5.36. The zero-order chi connectivity index (χ0) is 15.3. The highest BCUT2D eigenvalue weighted by atomic mass is 16.5. The first kappa shape index (κ1) is 16.5. The van der Waals surface area contributed by atoms with Crippen LogP contribution in [-0.4, -0.2) is 18.7 Å². The van der Waals surface area contributed by atoms with Crippen molar-refractivity contribution in [2.75, 3.05) is 7.05 Å². The fourth-order valence-corrected chi connectivity index (χ4v) is 2.42. The summed E-state index contributed by atoms with van der Waals surface area (Å²) in [6.45, 7) is 10.4. The average Bonchev–Trinajstić information content (AvgIpc) is 2.38. The van der Waals surface area contributed by atoms with Crippen molar-refractivity contribution in [3.05, 3.63) is 29.3 Å². The van der Waals surface area contributed by atoms with Gasteiger partial charge in [0.15, 0.2) is 0 Å². The van der Waals surface area contributed by atoms with Gasteiger partial charge in [0, 0.05) is 6.42 Å². The summed E-state index contributed by atoms with van der Waals surface area (Å²) >= 11 is 0. The monoisotopic (exact) mass is 274 g/mol. The van der Waals surface area contributed by atoms with Crippen LogP contribution in [0.5, 0.6) is 5.75 Å². The summed E-state index contributed by atoms with van der Waals surface area (Å²) in [5.74, 6) is 1.39. The third-order valence-electron chi connectivity index (χ3n) is 3.69. The lowest BCUT2D eigenvalue weighted by Gasteiger charge is -2.25. The van der Waals surface area contributed by atoms with E-state index in [0.29, 0.717) is 12.3 Å². The first-order chi connectivity index (χ1) is 9.31. The van der Waals surface area contributed by atoms with Crippen LogP contribution in [0.15, 0.2) is 18.2 Å². The van der Waals surface area contributed by atoms with E-state index in [4.69, 9.17) is 4.74 Å². The van der Waals surface area contributed by atoms with E-state index in [1.807, 2.05) is 19.9 Å². The number of hydrogen-bond donors (Lipinski definition) is 1. The molecular formula is C17H26N2O. The number of nitriles is 1. The SMILES string of the molecule is CNC(C)(C#N)CC(C)Oc1ccc(C(C)C)c(C)c1. The van der Waals surface area contributed by atoms with Crippen LogP contribution in [0, 0.1) is 18.3 Å². The second-order valence-electron chi connectivity index (χ2n) is 6.00. The molecule has 0 amide bonds. The molecule has 110 valence electrons. The normalized spacial score (nSPS) is 15.5. The van der Waals surface area contributed by atoms with E-state index in [1.165, 1.54) is 11.1 Å². The summed E-state index contributed by atoms with van der Waals surface area (Å²) in [4.78, 5) is 0. The summed E-state index contributed by atoms with van der Waals surface area (Å²) in [5, 5.41) is 12.2. The molecule has 0 aliphatic carbocycles. The molecule has 2 unspecified atom stereocenters. The Kier molecular flexibility index (Phi) is 5.59. The van der Waals surface area contributed by atoms with Crippen molar-refractivity contribution >= 4 is 0 Å². The van der Waals surface area contributed by atoms with Gasteiger partial charge in [0.25, 0.3) is 0 Å². The maximum absolute atomic E-state index is 9.17. The number of benzene rings is 1. The quantitative estimate of drug-likeness (QED) is 0.858. The number of aryl methyl sites for hydroxylation is 1. The molecule has 0 radical (unpaired) electrons. The number of hydrogen-bond acceptors (Lipinski definition) is 3. The lowest BCUT2D eigenvalue weighted by molar-refractivity contribution is 0.182. The third-order valence-corrected chi connectivity index (χ3v) is 3.69. The van der Waals surface area contributed by atoms with E-state index in [0.717, 1.165) is 5.75 Å². The minimum Gasteiger partial charge on any atom is -0.491 e.